The van der Waals surface area contributed by atoms with E-state index < -0.39 is 0 Å². The molecule has 0 bridgehead atoms. The lowest BCUT2D eigenvalue weighted by Crippen LogP contribution is -2.06. The van der Waals surface area contributed by atoms with Gasteiger partial charge in [-0.15, -0.1) is 0 Å². The Morgan fingerprint density at radius 3 is 2.70 bits per heavy atom. The molecule has 0 amide bonds. The quantitative estimate of drug-likeness (QED) is 0.873. The third-order valence-corrected chi connectivity index (χ3v) is 3.14. The Hall–Kier alpha value is -1.55. The summed E-state index contributed by atoms with van der Waals surface area (Å²) in [6.45, 7) is 1.26. The molecule has 0 aromatic heterocycles. The maximum Gasteiger partial charge on any atom is 0.150 e. The van der Waals surface area contributed by atoms with Gasteiger partial charge in [-0.2, -0.15) is 0 Å². The van der Waals surface area contributed by atoms with Gasteiger partial charge in [-0.1, -0.05) is 35.9 Å². The SMILES string of the molecule is CNCc1cccc(Cl)c1Oc1cccc(COC)c1. The number of hydrogen-bond donors (Lipinski definition) is 1. The molecule has 4 heteroatoms. The van der Waals surface area contributed by atoms with Gasteiger partial charge in [-0.3, -0.25) is 0 Å². The molecule has 20 heavy (non-hydrogen) atoms. The predicted octanol–water partition coefficient (Wildman–Crippen LogP) is 4.00. The minimum Gasteiger partial charge on any atom is -0.455 e. The molecule has 0 aliphatic rings. The second-order valence-electron chi connectivity index (χ2n) is 4.44. The van der Waals surface area contributed by atoms with Gasteiger partial charge in [-0.25, -0.2) is 0 Å². The standard InChI is InChI=1S/C16H18ClNO2/c1-18-10-13-6-4-8-15(17)16(13)20-14-7-3-5-12(9-14)11-19-2/h3-9,18H,10-11H2,1-2H3. The van der Waals surface area contributed by atoms with Crippen molar-refractivity contribution >= 4 is 11.6 Å². The molecular weight excluding hydrogens is 274 g/mol. The van der Waals surface area contributed by atoms with Crippen molar-refractivity contribution in [2.75, 3.05) is 14.2 Å². The van der Waals surface area contributed by atoms with Gasteiger partial charge in [0.15, 0.2) is 0 Å². The van der Waals surface area contributed by atoms with Gasteiger partial charge in [0.25, 0.3) is 0 Å². The Bertz CT molecular complexity index is 572. The highest BCUT2D eigenvalue weighted by Crippen LogP contribution is 2.33. The third kappa shape index (κ3) is 3.73. The molecule has 0 unspecified atom stereocenters. The van der Waals surface area contributed by atoms with Gasteiger partial charge in [0.2, 0.25) is 0 Å². The molecule has 2 aromatic carbocycles. The van der Waals surface area contributed by atoms with Crippen LogP contribution in [-0.2, 0) is 17.9 Å². The Kier molecular flexibility index (Phi) is 5.41. The van der Waals surface area contributed by atoms with Gasteiger partial charge in [-0.05, 0) is 30.8 Å². The largest absolute Gasteiger partial charge is 0.455 e. The van der Waals surface area contributed by atoms with Crippen molar-refractivity contribution in [3.63, 3.8) is 0 Å². The van der Waals surface area contributed by atoms with Crippen molar-refractivity contribution in [1.29, 1.82) is 0 Å². The van der Waals surface area contributed by atoms with Gasteiger partial charge >= 0.3 is 0 Å². The zero-order chi connectivity index (χ0) is 14.4. The van der Waals surface area contributed by atoms with E-state index in [9.17, 15) is 0 Å². The predicted molar refractivity (Wildman–Crippen MR) is 81.4 cm³/mol. The number of ether oxygens (including phenoxy) is 2. The molecule has 3 nitrogen and oxygen atoms in total. The first-order valence-electron chi connectivity index (χ1n) is 6.42. The van der Waals surface area contributed by atoms with Crippen LogP contribution in [0.2, 0.25) is 5.02 Å². The smallest absolute Gasteiger partial charge is 0.150 e. The minimum absolute atomic E-state index is 0.559. The van der Waals surface area contributed by atoms with Crippen LogP contribution in [0, 0.1) is 0 Å². The van der Waals surface area contributed by atoms with Crippen molar-refractivity contribution in [2.24, 2.45) is 0 Å². The van der Waals surface area contributed by atoms with E-state index in [1.165, 1.54) is 0 Å². The van der Waals surface area contributed by atoms with Crippen molar-refractivity contribution in [2.45, 2.75) is 13.2 Å². The summed E-state index contributed by atoms with van der Waals surface area (Å²) in [7, 11) is 3.57. The van der Waals surface area contributed by atoms with Crippen molar-refractivity contribution < 1.29 is 9.47 Å². The Morgan fingerprint density at radius 1 is 1.15 bits per heavy atom. The number of hydrogen-bond acceptors (Lipinski definition) is 3. The summed E-state index contributed by atoms with van der Waals surface area (Å²) >= 11 is 6.24. The van der Waals surface area contributed by atoms with Gasteiger partial charge in [0.1, 0.15) is 11.5 Å². The summed E-state index contributed by atoms with van der Waals surface area (Å²) in [6.07, 6.45) is 0. The molecule has 0 heterocycles. The maximum absolute atomic E-state index is 6.24. The summed E-state index contributed by atoms with van der Waals surface area (Å²) in [4.78, 5) is 0. The fraction of sp³-hybridized carbons (Fsp3) is 0.250. The van der Waals surface area contributed by atoms with Crippen molar-refractivity contribution in [1.82, 2.24) is 5.32 Å². The molecule has 106 valence electrons. The van der Waals surface area contributed by atoms with E-state index in [0.717, 1.165) is 16.9 Å². The van der Waals surface area contributed by atoms with E-state index in [4.69, 9.17) is 21.1 Å². The lowest BCUT2D eigenvalue weighted by molar-refractivity contribution is 0.184. The average Bonchev–Trinajstić information content (AvgIpc) is 2.44. The molecule has 1 N–H and O–H groups in total. The van der Waals surface area contributed by atoms with E-state index in [-0.39, 0.29) is 0 Å². The summed E-state index contributed by atoms with van der Waals surface area (Å²) in [5, 5.41) is 3.72. The van der Waals surface area contributed by atoms with Crippen LogP contribution < -0.4 is 10.1 Å². The second-order valence-corrected chi connectivity index (χ2v) is 4.85. The first-order chi connectivity index (χ1) is 9.74. The van der Waals surface area contributed by atoms with Crippen LogP contribution in [-0.4, -0.2) is 14.2 Å². The van der Waals surface area contributed by atoms with Crippen LogP contribution in [0.4, 0.5) is 0 Å². The fourth-order valence-electron chi connectivity index (χ4n) is 1.98. The molecular formula is C16H18ClNO2. The zero-order valence-electron chi connectivity index (χ0n) is 11.7. The number of benzene rings is 2. The van der Waals surface area contributed by atoms with Crippen molar-refractivity contribution in [3.05, 3.63) is 58.6 Å². The molecule has 0 aliphatic carbocycles. The number of rotatable bonds is 6. The first kappa shape index (κ1) is 14.9. The third-order valence-electron chi connectivity index (χ3n) is 2.85. The first-order valence-corrected chi connectivity index (χ1v) is 6.80. The molecule has 0 fully saturated rings. The molecule has 0 saturated carbocycles. The lowest BCUT2D eigenvalue weighted by atomic mass is 10.2. The number of nitrogens with one attached hydrogen (secondary N) is 1. The molecule has 0 spiro atoms. The van der Waals surface area contributed by atoms with E-state index in [0.29, 0.717) is 23.9 Å². The highest BCUT2D eigenvalue weighted by atomic mass is 35.5. The van der Waals surface area contributed by atoms with Crippen LogP contribution in [0.3, 0.4) is 0 Å². The number of para-hydroxylation sites is 1. The second kappa shape index (κ2) is 7.29. The van der Waals surface area contributed by atoms with Crippen LogP contribution in [0.1, 0.15) is 11.1 Å². The zero-order valence-corrected chi connectivity index (χ0v) is 12.4. The molecule has 0 radical (unpaired) electrons. The average molecular weight is 292 g/mol. The van der Waals surface area contributed by atoms with Gasteiger partial charge < -0.3 is 14.8 Å². The Morgan fingerprint density at radius 2 is 1.95 bits per heavy atom. The van der Waals surface area contributed by atoms with E-state index in [1.54, 1.807) is 7.11 Å². The summed E-state index contributed by atoms with van der Waals surface area (Å²) in [6, 6.07) is 13.5. The molecule has 0 aliphatic heterocycles. The van der Waals surface area contributed by atoms with Crippen LogP contribution >= 0.6 is 11.6 Å². The highest BCUT2D eigenvalue weighted by Gasteiger charge is 2.09. The van der Waals surface area contributed by atoms with E-state index >= 15 is 0 Å². The van der Waals surface area contributed by atoms with E-state index in [2.05, 4.69) is 5.32 Å². The monoisotopic (exact) mass is 291 g/mol. The van der Waals surface area contributed by atoms with E-state index in [1.807, 2.05) is 49.5 Å². The molecule has 0 saturated heterocycles. The van der Waals surface area contributed by atoms with Gasteiger partial charge in [0.05, 0.1) is 11.6 Å². The molecule has 0 atom stereocenters. The normalized spacial score (nSPS) is 10.6. The fourth-order valence-corrected chi connectivity index (χ4v) is 2.21. The van der Waals surface area contributed by atoms with Crippen LogP contribution in [0.25, 0.3) is 0 Å². The summed E-state index contributed by atoms with van der Waals surface area (Å²) in [5.74, 6) is 1.45. The maximum atomic E-state index is 6.24. The Balaban J connectivity index is 2.27. The van der Waals surface area contributed by atoms with Crippen LogP contribution in [0.5, 0.6) is 11.5 Å². The van der Waals surface area contributed by atoms with Crippen LogP contribution in [0.15, 0.2) is 42.5 Å². The number of halogens is 1. The summed E-state index contributed by atoms with van der Waals surface area (Å²) < 4.78 is 11.1. The van der Waals surface area contributed by atoms with Gasteiger partial charge in [0, 0.05) is 19.2 Å². The Labute approximate surface area is 124 Å². The topological polar surface area (TPSA) is 30.5 Å². The molecule has 2 aromatic rings. The molecule has 2 rings (SSSR count). The minimum atomic E-state index is 0.559. The number of methoxy groups -OCH3 is 1. The van der Waals surface area contributed by atoms with Crippen molar-refractivity contribution in [3.8, 4) is 11.5 Å². The lowest BCUT2D eigenvalue weighted by Gasteiger charge is -2.13. The summed E-state index contributed by atoms with van der Waals surface area (Å²) in [5.41, 5.74) is 2.09. The highest BCUT2D eigenvalue weighted by molar-refractivity contribution is 6.32.